The Morgan fingerprint density at radius 1 is 1.04 bits per heavy atom. The van der Waals surface area contributed by atoms with E-state index >= 15 is 0 Å². The average Bonchev–Trinajstić information content (AvgIpc) is 2.47. The molecule has 24 heavy (non-hydrogen) atoms. The summed E-state index contributed by atoms with van der Waals surface area (Å²) in [7, 11) is 0. The Morgan fingerprint density at radius 2 is 1.54 bits per heavy atom. The van der Waals surface area contributed by atoms with Crippen LogP contribution in [0.1, 0.15) is 27.1 Å². The van der Waals surface area contributed by atoms with Crippen LogP contribution in [0.5, 0.6) is 0 Å². The van der Waals surface area contributed by atoms with Crippen molar-refractivity contribution in [2.24, 2.45) is 0 Å². The van der Waals surface area contributed by atoms with E-state index in [1.807, 2.05) is 0 Å². The second-order valence-corrected chi connectivity index (χ2v) is 4.86. The topological polar surface area (TPSA) is 126 Å². The molecule has 0 saturated carbocycles. The summed E-state index contributed by atoms with van der Waals surface area (Å²) >= 11 is 5.81. The first kappa shape index (κ1) is 24.6. The molecule has 114 valence electrons. The SMILES string of the molecule is O=C([O-])CC(NC1=C(Cl)C(=O)c2ccccc2C1=O)C(=O)[O-].[K+].[K+]. The van der Waals surface area contributed by atoms with E-state index in [9.17, 15) is 29.4 Å². The van der Waals surface area contributed by atoms with E-state index in [4.69, 9.17) is 11.6 Å². The van der Waals surface area contributed by atoms with E-state index in [0.29, 0.717) is 0 Å². The number of carbonyl (C=O) groups is 4. The van der Waals surface area contributed by atoms with Crippen LogP contribution < -0.4 is 118 Å². The van der Waals surface area contributed by atoms with Crippen LogP contribution in [0.2, 0.25) is 0 Å². The minimum atomic E-state index is -1.76. The number of benzene rings is 1. The van der Waals surface area contributed by atoms with Crippen LogP contribution in [0.15, 0.2) is 35.0 Å². The number of fused-ring (bicyclic) bond motifs is 1. The van der Waals surface area contributed by atoms with Crippen molar-refractivity contribution >= 4 is 35.1 Å². The van der Waals surface area contributed by atoms with Crippen molar-refractivity contribution < 1.29 is 132 Å². The van der Waals surface area contributed by atoms with E-state index in [2.05, 4.69) is 5.32 Å². The molecular formula is C14H8ClK2NO6. The molecular weight excluding hydrogens is 392 g/mol. The summed E-state index contributed by atoms with van der Waals surface area (Å²) in [5.74, 6) is -4.79. The summed E-state index contributed by atoms with van der Waals surface area (Å²) in [4.78, 5) is 45.8. The summed E-state index contributed by atoms with van der Waals surface area (Å²) in [5, 5.41) is 23.1. The Kier molecular flexibility index (Phi) is 10.9. The summed E-state index contributed by atoms with van der Waals surface area (Å²) in [6, 6.07) is 4.11. The van der Waals surface area contributed by atoms with Crippen LogP contribution in [-0.2, 0) is 9.59 Å². The van der Waals surface area contributed by atoms with Gasteiger partial charge in [-0.2, -0.15) is 0 Å². The number of carboxylic acid groups (broad SMARTS) is 2. The number of carbonyl (C=O) groups excluding carboxylic acids is 4. The Morgan fingerprint density at radius 3 is 2.00 bits per heavy atom. The number of allylic oxidation sites excluding steroid dienone is 2. The van der Waals surface area contributed by atoms with Gasteiger partial charge in [0.1, 0.15) is 10.7 Å². The summed E-state index contributed by atoms with van der Waals surface area (Å²) < 4.78 is 0. The zero-order valence-corrected chi connectivity index (χ0v) is 19.9. The number of aliphatic carboxylic acids is 2. The van der Waals surface area contributed by atoms with Gasteiger partial charge in [-0.05, 0) is 0 Å². The second-order valence-electron chi connectivity index (χ2n) is 4.48. The van der Waals surface area contributed by atoms with E-state index in [0.717, 1.165) is 0 Å². The van der Waals surface area contributed by atoms with Crippen LogP contribution in [0.4, 0.5) is 0 Å². The Labute approximate surface area is 227 Å². The fraction of sp³-hybridized carbons (Fsp3) is 0.143. The van der Waals surface area contributed by atoms with E-state index in [1.165, 1.54) is 18.2 Å². The zero-order valence-electron chi connectivity index (χ0n) is 12.9. The first-order valence-corrected chi connectivity index (χ1v) is 6.46. The van der Waals surface area contributed by atoms with Crippen LogP contribution in [-0.4, -0.2) is 29.5 Å². The molecule has 0 aromatic heterocycles. The molecule has 0 amide bonds. The molecule has 1 aliphatic carbocycles. The van der Waals surface area contributed by atoms with Crippen molar-refractivity contribution in [1.82, 2.24) is 5.32 Å². The van der Waals surface area contributed by atoms with Gasteiger partial charge in [-0.1, -0.05) is 35.9 Å². The average molecular weight is 400 g/mol. The number of hydrogen-bond donors (Lipinski definition) is 1. The minimum absolute atomic E-state index is 0. The monoisotopic (exact) mass is 399 g/mol. The smallest absolute Gasteiger partial charge is 0.550 e. The quantitative estimate of drug-likeness (QED) is 0.487. The van der Waals surface area contributed by atoms with Crippen LogP contribution >= 0.6 is 11.6 Å². The molecule has 0 bridgehead atoms. The third-order valence-electron chi connectivity index (χ3n) is 3.04. The number of hydrogen-bond acceptors (Lipinski definition) is 7. The standard InChI is InChI=1S/C14H10ClNO6.2K/c15-10-11(16-8(14(21)22)5-9(17)18)13(20)7-4-2-1-3-6(7)12(10)19;;/h1-4,8,16H,5H2,(H,17,18)(H,21,22);;/q;2*+1/p-2. The summed E-state index contributed by atoms with van der Waals surface area (Å²) in [6.07, 6.45) is -0.945. The van der Waals surface area contributed by atoms with Crippen LogP contribution in [0, 0.1) is 0 Å². The molecule has 2 rings (SSSR count). The first-order chi connectivity index (χ1) is 10.3. The number of carboxylic acids is 2. The maximum absolute atomic E-state index is 12.3. The van der Waals surface area contributed by atoms with Gasteiger partial charge in [-0.15, -0.1) is 0 Å². The van der Waals surface area contributed by atoms with Gasteiger partial charge in [0.05, 0.1) is 12.0 Å². The molecule has 1 aliphatic rings. The molecule has 1 aromatic rings. The van der Waals surface area contributed by atoms with Gasteiger partial charge in [0, 0.05) is 23.5 Å². The van der Waals surface area contributed by atoms with Crippen molar-refractivity contribution in [3.8, 4) is 0 Å². The fourth-order valence-electron chi connectivity index (χ4n) is 2.01. The number of Topliss-reactive ketones (excluding diaryl/α,β-unsaturated/α-hetero) is 2. The van der Waals surface area contributed by atoms with Gasteiger partial charge in [-0.25, -0.2) is 0 Å². The van der Waals surface area contributed by atoms with Crippen molar-refractivity contribution in [3.63, 3.8) is 0 Å². The molecule has 1 atom stereocenters. The predicted molar refractivity (Wildman–Crippen MR) is 69.5 cm³/mol. The number of ketones is 2. The Balaban J connectivity index is 0.00000264. The fourth-order valence-corrected chi connectivity index (χ4v) is 2.25. The third kappa shape index (κ3) is 5.55. The molecule has 1 unspecified atom stereocenters. The minimum Gasteiger partial charge on any atom is -0.550 e. The molecule has 0 spiro atoms. The molecule has 1 aromatic carbocycles. The van der Waals surface area contributed by atoms with Gasteiger partial charge < -0.3 is 25.1 Å². The van der Waals surface area contributed by atoms with Crippen LogP contribution in [0.3, 0.4) is 0 Å². The Bertz CT molecular complexity index is 734. The van der Waals surface area contributed by atoms with Crippen molar-refractivity contribution in [3.05, 3.63) is 46.1 Å². The molecule has 0 radical (unpaired) electrons. The molecule has 0 heterocycles. The van der Waals surface area contributed by atoms with E-state index < -0.39 is 46.7 Å². The van der Waals surface area contributed by atoms with Crippen molar-refractivity contribution in [1.29, 1.82) is 0 Å². The largest absolute Gasteiger partial charge is 1.00 e. The number of nitrogens with one attached hydrogen (secondary N) is 1. The first-order valence-electron chi connectivity index (χ1n) is 6.08. The molecule has 7 nitrogen and oxygen atoms in total. The molecule has 0 fully saturated rings. The zero-order chi connectivity index (χ0) is 16.4. The van der Waals surface area contributed by atoms with E-state index in [-0.39, 0.29) is 114 Å². The summed E-state index contributed by atoms with van der Waals surface area (Å²) in [6.45, 7) is 0. The number of halogens is 1. The molecule has 0 aliphatic heterocycles. The third-order valence-corrected chi connectivity index (χ3v) is 3.40. The van der Waals surface area contributed by atoms with Gasteiger partial charge in [-0.3, -0.25) is 9.59 Å². The van der Waals surface area contributed by atoms with Gasteiger partial charge in [0.15, 0.2) is 0 Å². The molecule has 0 saturated heterocycles. The summed E-state index contributed by atoms with van der Waals surface area (Å²) in [5.41, 5.74) is -0.335. The number of rotatable bonds is 5. The Hall–Kier alpha value is 0.603. The van der Waals surface area contributed by atoms with Gasteiger partial charge in [0.25, 0.3) is 0 Å². The predicted octanol–water partition coefficient (Wildman–Crippen LogP) is -7.63. The normalized spacial score (nSPS) is 14.0. The van der Waals surface area contributed by atoms with Crippen molar-refractivity contribution in [2.75, 3.05) is 0 Å². The van der Waals surface area contributed by atoms with Gasteiger partial charge >= 0.3 is 103 Å². The second kappa shape index (κ2) is 10.7. The maximum atomic E-state index is 12.3. The molecule has 1 N–H and O–H groups in total. The van der Waals surface area contributed by atoms with Crippen molar-refractivity contribution in [2.45, 2.75) is 12.5 Å². The van der Waals surface area contributed by atoms with E-state index in [1.54, 1.807) is 6.07 Å². The van der Waals surface area contributed by atoms with Gasteiger partial charge in [0.2, 0.25) is 11.6 Å². The molecule has 10 heteroatoms. The van der Waals surface area contributed by atoms with Crippen LogP contribution in [0.25, 0.3) is 0 Å². The maximum Gasteiger partial charge on any atom is 1.00 e.